The van der Waals surface area contributed by atoms with E-state index in [1.807, 2.05) is 31.2 Å². The zero-order chi connectivity index (χ0) is 12.0. The van der Waals surface area contributed by atoms with Gasteiger partial charge in [-0.15, -0.1) is 0 Å². The Labute approximate surface area is 96.5 Å². The third-order valence-electron chi connectivity index (χ3n) is 2.11. The van der Waals surface area contributed by atoms with Crippen LogP contribution in [0.3, 0.4) is 0 Å². The summed E-state index contributed by atoms with van der Waals surface area (Å²) < 4.78 is 26.7. The van der Waals surface area contributed by atoms with Crippen LogP contribution in [0.4, 0.5) is 0 Å². The maximum Gasteiger partial charge on any atom is 0.209 e. The number of hydrogen-bond donors (Lipinski definition) is 1. The Bertz CT molecular complexity index is 411. The highest BCUT2D eigenvalue weighted by atomic mass is 32.2. The Kier molecular flexibility index (Phi) is 4.76. The molecule has 2 N–H and O–H groups in total. The minimum absolute atomic E-state index is 0.0181. The highest BCUT2D eigenvalue weighted by Crippen LogP contribution is 2.11. The maximum atomic E-state index is 10.6. The zero-order valence-electron chi connectivity index (χ0n) is 9.35. The third-order valence-corrected chi connectivity index (χ3v) is 2.97. The van der Waals surface area contributed by atoms with Crippen molar-refractivity contribution in [3.8, 4) is 5.75 Å². The Morgan fingerprint density at radius 2 is 1.81 bits per heavy atom. The number of aryl methyl sites for hydroxylation is 1. The van der Waals surface area contributed by atoms with Crippen LogP contribution < -0.4 is 9.88 Å². The van der Waals surface area contributed by atoms with Gasteiger partial charge in [0.05, 0.1) is 12.4 Å². The van der Waals surface area contributed by atoms with E-state index in [-0.39, 0.29) is 5.75 Å². The van der Waals surface area contributed by atoms with Crippen molar-refractivity contribution in [3.05, 3.63) is 29.8 Å². The lowest BCUT2D eigenvalue weighted by Gasteiger charge is -2.05. The van der Waals surface area contributed by atoms with E-state index in [9.17, 15) is 8.42 Å². The summed E-state index contributed by atoms with van der Waals surface area (Å²) in [7, 11) is -3.33. The predicted octanol–water partition coefficient (Wildman–Crippen LogP) is 1.44. The molecule has 0 heterocycles. The molecule has 0 bridgehead atoms. The molecule has 0 atom stereocenters. The molecule has 16 heavy (non-hydrogen) atoms. The summed E-state index contributed by atoms with van der Waals surface area (Å²) in [6, 6.07) is 7.74. The highest BCUT2D eigenvalue weighted by Gasteiger charge is 2.01. The van der Waals surface area contributed by atoms with Gasteiger partial charge in [0, 0.05) is 0 Å². The van der Waals surface area contributed by atoms with E-state index in [1.165, 1.54) is 5.56 Å². The average Bonchev–Trinajstić information content (AvgIpc) is 2.19. The smallest absolute Gasteiger partial charge is 0.209 e. The van der Waals surface area contributed by atoms with Crippen molar-refractivity contribution in [3.63, 3.8) is 0 Å². The van der Waals surface area contributed by atoms with Crippen molar-refractivity contribution in [1.29, 1.82) is 0 Å². The maximum absolute atomic E-state index is 10.6. The van der Waals surface area contributed by atoms with E-state index >= 15 is 0 Å². The van der Waals surface area contributed by atoms with Gasteiger partial charge < -0.3 is 4.74 Å². The molecule has 0 aliphatic carbocycles. The molecule has 1 aromatic rings. The van der Waals surface area contributed by atoms with E-state index in [0.717, 1.165) is 5.75 Å². The molecule has 0 amide bonds. The molecule has 0 aliphatic rings. The summed E-state index contributed by atoms with van der Waals surface area (Å²) in [5.74, 6) is 0.825. The molecular weight excluding hydrogens is 226 g/mol. The number of ether oxygens (including phenoxy) is 1. The standard InChI is InChI=1S/C11H17NO3S/c1-10-4-6-11(7-5-10)15-8-2-3-9-16(12,13)14/h4-7H,2-3,8-9H2,1H3,(H2,12,13,14). The quantitative estimate of drug-likeness (QED) is 0.769. The summed E-state index contributed by atoms with van der Waals surface area (Å²) in [5, 5.41) is 4.88. The van der Waals surface area contributed by atoms with Gasteiger partial charge in [-0.25, -0.2) is 13.6 Å². The summed E-state index contributed by atoms with van der Waals surface area (Å²) in [6.45, 7) is 2.52. The number of benzene rings is 1. The largest absolute Gasteiger partial charge is 0.494 e. The SMILES string of the molecule is Cc1ccc(OCCCCS(N)(=O)=O)cc1. The van der Waals surface area contributed by atoms with Gasteiger partial charge >= 0.3 is 0 Å². The van der Waals surface area contributed by atoms with Crippen LogP contribution in [0, 0.1) is 6.92 Å². The van der Waals surface area contributed by atoms with Crippen LogP contribution in [0.15, 0.2) is 24.3 Å². The molecule has 0 fully saturated rings. The number of sulfonamides is 1. The Hall–Kier alpha value is -1.07. The van der Waals surface area contributed by atoms with Crippen LogP contribution in [0.2, 0.25) is 0 Å². The molecule has 0 spiro atoms. The molecule has 0 saturated carbocycles. The van der Waals surface area contributed by atoms with Gasteiger partial charge in [-0.2, -0.15) is 0 Å². The van der Waals surface area contributed by atoms with Crippen molar-refractivity contribution in [2.75, 3.05) is 12.4 Å². The fraction of sp³-hybridized carbons (Fsp3) is 0.455. The minimum atomic E-state index is -3.33. The summed E-state index contributed by atoms with van der Waals surface area (Å²) in [4.78, 5) is 0. The summed E-state index contributed by atoms with van der Waals surface area (Å²) in [6.07, 6.45) is 1.22. The molecule has 0 radical (unpaired) electrons. The topological polar surface area (TPSA) is 69.4 Å². The first kappa shape index (κ1) is 13.0. The zero-order valence-corrected chi connectivity index (χ0v) is 10.2. The lowest BCUT2D eigenvalue weighted by molar-refractivity contribution is 0.309. The first-order valence-corrected chi connectivity index (χ1v) is 6.89. The molecule has 5 heteroatoms. The van der Waals surface area contributed by atoms with Gasteiger partial charge in [-0.3, -0.25) is 0 Å². The first-order valence-electron chi connectivity index (χ1n) is 5.17. The number of rotatable bonds is 6. The molecule has 0 saturated heterocycles. The van der Waals surface area contributed by atoms with Gasteiger partial charge in [0.2, 0.25) is 10.0 Å². The molecule has 0 aromatic heterocycles. The van der Waals surface area contributed by atoms with Crippen molar-refractivity contribution in [2.45, 2.75) is 19.8 Å². The van der Waals surface area contributed by atoms with Crippen molar-refractivity contribution < 1.29 is 13.2 Å². The minimum Gasteiger partial charge on any atom is -0.494 e. The highest BCUT2D eigenvalue weighted by molar-refractivity contribution is 7.89. The lowest BCUT2D eigenvalue weighted by Crippen LogP contribution is -2.16. The van der Waals surface area contributed by atoms with Gasteiger partial charge in [0.1, 0.15) is 5.75 Å². The fourth-order valence-electron chi connectivity index (χ4n) is 1.23. The van der Waals surface area contributed by atoms with Crippen molar-refractivity contribution in [1.82, 2.24) is 0 Å². The number of nitrogens with two attached hydrogens (primary N) is 1. The van der Waals surface area contributed by atoms with E-state index < -0.39 is 10.0 Å². The lowest BCUT2D eigenvalue weighted by atomic mass is 10.2. The predicted molar refractivity (Wildman–Crippen MR) is 63.9 cm³/mol. The molecule has 4 nitrogen and oxygen atoms in total. The Morgan fingerprint density at radius 3 is 2.38 bits per heavy atom. The molecule has 1 aromatic carbocycles. The van der Waals surface area contributed by atoms with Gasteiger partial charge in [0.25, 0.3) is 0 Å². The van der Waals surface area contributed by atoms with Crippen molar-refractivity contribution >= 4 is 10.0 Å². The van der Waals surface area contributed by atoms with Crippen molar-refractivity contribution in [2.24, 2.45) is 5.14 Å². The van der Waals surface area contributed by atoms with Crippen LogP contribution >= 0.6 is 0 Å². The Morgan fingerprint density at radius 1 is 1.19 bits per heavy atom. The van der Waals surface area contributed by atoms with E-state index in [4.69, 9.17) is 9.88 Å². The molecule has 1 rings (SSSR count). The second-order valence-corrected chi connectivity index (χ2v) is 5.47. The fourth-order valence-corrected chi connectivity index (χ4v) is 1.84. The van der Waals surface area contributed by atoms with E-state index in [2.05, 4.69) is 0 Å². The van der Waals surface area contributed by atoms with E-state index in [0.29, 0.717) is 19.4 Å². The molecule has 0 aliphatic heterocycles. The van der Waals surface area contributed by atoms with Gasteiger partial charge in [-0.05, 0) is 31.9 Å². The second-order valence-electron chi connectivity index (χ2n) is 3.74. The van der Waals surface area contributed by atoms with Crippen LogP contribution in [-0.4, -0.2) is 20.8 Å². The van der Waals surface area contributed by atoms with Crippen LogP contribution in [0.1, 0.15) is 18.4 Å². The third kappa shape index (κ3) is 5.72. The average molecular weight is 243 g/mol. The van der Waals surface area contributed by atoms with Crippen LogP contribution in [0.5, 0.6) is 5.75 Å². The monoisotopic (exact) mass is 243 g/mol. The van der Waals surface area contributed by atoms with E-state index in [1.54, 1.807) is 0 Å². The number of hydrogen-bond acceptors (Lipinski definition) is 3. The number of primary sulfonamides is 1. The van der Waals surface area contributed by atoms with Gasteiger partial charge in [-0.1, -0.05) is 17.7 Å². The van der Waals surface area contributed by atoms with Crippen LogP contribution in [-0.2, 0) is 10.0 Å². The first-order chi connectivity index (χ1) is 7.47. The van der Waals surface area contributed by atoms with Gasteiger partial charge in [0.15, 0.2) is 0 Å². The normalized spacial score (nSPS) is 11.4. The second kappa shape index (κ2) is 5.86. The molecular formula is C11H17NO3S. The number of unbranched alkanes of at least 4 members (excludes halogenated alkanes) is 1. The summed E-state index contributed by atoms with van der Waals surface area (Å²) >= 11 is 0. The van der Waals surface area contributed by atoms with Crippen LogP contribution in [0.25, 0.3) is 0 Å². The Balaban J connectivity index is 2.19. The molecule has 90 valence electrons. The summed E-state index contributed by atoms with van der Waals surface area (Å²) in [5.41, 5.74) is 1.18. The molecule has 0 unspecified atom stereocenters.